The molecule has 0 spiro atoms. The predicted molar refractivity (Wildman–Crippen MR) is 69.2 cm³/mol. The number of hydrogen-bond donors (Lipinski definition) is 1. The zero-order chi connectivity index (χ0) is 10.1. The quantitative estimate of drug-likeness (QED) is 0.903. The van der Waals surface area contributed by atoms with E-state index in [0.717, 1.165) is 11.5 Å². The van der Waals surface area contributed by atoms with Gasteiger partial charge in [-0.3, -0.25) is 4.40 Å². The van der Waals surface area contributed by atoms with Gasteiger partial charge in [-0.1, -0.05) is 19.9 Å². The maximum absolute atomic E-state index is 6.02. The Morgan fingerprint density at radius 1 is 1.19 bits per heavy atom. The smallest absolute Gasteiger partial charge is 0.160 e. The monoisotopic (exact) mass is 262 g/mol. The lowest BCUT2D eigenvalue weighted by atomic mass is 10.1. The highest BCUT2D eigenvalue weighted by molar-refractivity contribution is 5.85. The maximum Gasteiger partial charge on any atom is 0.160 e. The van der Waals surface area contributed by atoms with E-state index in [1.54, 1.807) is 0 Å². The van der Waals surface area contributed by atoms with Crippen LogP contribution in [0.5, 0.6) is 0 Å². The Morgan fingerprint density at radius 3 is 2.50 bits per heavy atom. The molecule has 0 aliphatic heterocycles. The van der Waals surface area contributed by atoms with Gasteiger partial charge in [-0.15, -0.1) is 35.0 Å². The molecule has 0 aliphatic rings. The Balaban J connectivity index is 0.00000112. The van der Waals surface area contributed by atoms with E-state index in [1.807, 2.05) is 28.8 Å². The number of pyridine rings is 1. The molecule has 16 heavy (non-hydrogen) atoms. The van der Waals surface area contributed by atoms with Crippen LogP contribution in [0.15, 0.2) is 24.4 Å². The standard InChI is InChI=1S/C10H14N4.2ClH/c1-7(2)9(11)10-13-12-8-5-3-4-6-14(8)10;;/h3-7,9H,11H2,1-2H3;2*1H/t9-;;/m1../s1. The molecule has 2 aromatic heterocycles. The van der Waals surface area contributed by atoms with Gasteiger partial charge in [0.15, 0.2) is 11.5 Å². The molecular formula is C10H16Cl2N4. The molecule has 90 valence electrons. The number of hydrogen-bond acceptors (Lipinski definition) is 3. The van der Waals surface area contributed by atoms with Crippen molar-refractivity contribution in [3.63, 3.8) is 0 Å². The van der Waals surface area contributed by atoms with Crippen molar-refractivity contribution in [1.82, 2.24) is 14.6 Å². The molecule has 1 atom stereocenters. The first-order valence-corrected chi connectivity index (χ1v) is 4.75. The Bertz CT molecular complexity index is 441. The van der Waals surface area contributed by atoms with Crippen molar-refractivity contribution in [2.24, 2.45) is 11.7 Å². The molecule has 0 aromatic carbocycles. The Hall–Kier alpha value is -0.840. The minimum Gasteiger partial charge on any atom is -0.321 e. The van der Waals surface area contributed by atoms with Gasteiger partial charge in [-0.2, -0.15) is 0 Å². The first-order chi connectivity index (χ1) is 6.70. The van der Waals surface area contributed by atoms with Gasteiger partial charge in [0, 0.05) is 6.20 Å². The van der Waals surface area contributed by atoms with Gasteiger partial charge in [-0.05, 0) is 18.1 Å². The second kappa shape index (κ2) is 6.03. The van der Waals surface area contributed by atoms with Gasteiger partial charge in [-0.25, -0.2) is 0 Å². The third-order valence-electron chi connectivity index (χ3n) is 2.36. The number of nitrogens with two attached hydrogens (primary N) is 1. The number of halogens is 2. The van der Waals surface area contributed by atoms with Crippen LogP contribution in [-0.2, 0) is 0 Å². The molecule has 2 aromatic rings. The first-order valence-electron chi connectivity index (χ1n) is 4.75. The predicted octanol–water partition coefficient (Wildman–Crippen LogP) is 2.23. The summed E-state index contributed by atoms with van der Waals surface area (Å²) in [5, 5.41) is 8.16. The van der Waals surface area contributed by atoms with Crippen LogP contribution < -0.4 is 5.73 Å². The lowest BCUT2D eigenvalue weighted by Crippen LogP contribution is -2.19. The number of aromatic nitrogens is 3. The van der Waals surface area contributed by atoms with Gasteiger partial charge in [0.05, 0.1) is 6.04 Å². The number of nitrogens with zero attached hydrogens (tertiary/aromatic N) is 3. The van der Waals surface area contributed by atoms with Crippen molar-refractivity contribution >= 4 is 30.5 Å². The fourth-order valence-corrected chi connectivity index (χ4v) is 1.39. The molecule has 4 nitrogen and oxygen atoms in total. The third-order valence-corrected chi connectivity index (χ3v) is 2.36. The molecular weight excluding hydrogens is 247 g/mol. The second-order valence-electron chi connectivity index (χ2n) is 3.76. The zero-order valence-electron chi connectivity index (χ0n) is 9.20. The largest absolute Gasteiger partial charge is 0.321 e. The fraction of sp³-hybridized carbons (Fsp3) is 0.400. The van der Waals surface area contributed by atoms with Gasteiger partial charge in [0.2, 0.25) is 0 Å². The van der Waals surface area contributed by atoms with E-state index >= 15 is 0 Å². The van der Waals surface area contributed by atoms with Crippen LogP contribution in [0.25, 0.3) is 5.65 Å². The van der Waals surface area contributed by atoms with Gasteiger partial charge < -0.3 is 5.73 Å². The summed E-state index contributed by atoms with van der Waals surface area (Å²) in [7, 11) is 0. The van der Waals surface area contributed by atoms with Crippen molar-refractivity contribution in [2.45, 2.75) is 19.9 Å². The van der Waals surface area contributed by atoms with Gasteiger partial charge >= 0.3 is 0 Å². The highest BCUT2D eigenvalue weighted by atomic mass is 35.5. The molecule has 0 radical (unpaired) electrons. The van der Waals surface area contributed by atoms with Crippen molar-refractivity contribution in [3.8, 4) is 0 Å². The molecule has 0 aliphatic carbocycles. The summed E-state index contributed by atoms with van der Waals surface area (Å²) >= 11 is 0. The van der Waals surface area contributed by atoms with Gasteiger partial charge in [0.1, 0.15) is 0 Å². The summed E-state index contributed by atoms with van der Waals surface area (Å²) in [6, 6.07) is 5.75. The minimum absolute atomic E-state index is 0. The van der Waals surface area contributed by atoms with E-state index in [-0.39, 0.29) is 30.9 Å². The van der Waals surface area contributed by atoms with Gasteiger partial charge in [0.25, 0.3) is 0 Å². The summed E-state index contributed by atoms with van der Waals surface area (Å²) in [5.74, 6) is 1.19. The lowest BCUT2D eigenvalue weighted by Gasteiger charge is -2.12. The molecule has 0 saturated heterocycles. The molecule has 0 bridgehead atoms. The summed E-state index contributed by atoms with van der Waals surface area (Å²) in [6.45, 7) is 4.16. The number of fused-ring (bicyclic) bond motifs is 1. The van der Waals surface area contributed by atoms with Crippen molar-refractivity contribution in [3.05, 3.63) is 30.2 Å². The first kappa shape index (κ1) is 15.2. The topological polar surface area (TPSA) is 56.2 Å². The van der Waals surface area contributed by atoms with Crippen LogP contribution in [0.1, 0.15) is 25.7 Å². The van der Waals surface area contributed by atoms with Crippen molar-refractivity contribution in [1.29, 1.82) is 0 Å². The van der Waals surface area contributed by atoms with E-state index in [4.69, 9.17) is 5.73 Å². The zero-order valence-corrected chi connectivity index (χ0v) is 10.8. The third kappa shape index (κ3) is 2.64. The molecule has 0 fully saturated rings. The molecule has 0 amide bonds. The molecule has 2 N–H and O–H groups in total. The normalized spacial score (nSPS) is 12.0. The molecule has 6 heteroatoms. The van der Waals surface area contributed by atoms with Crippen LogP contribution in [0, 0.1) is 5.92 Å². The van der Waals surface area contributed by atoms with Crippen molar-refractivity contribution < 1.29 is 0 Å². The van der Waals surface area contributed by atoms with E-state index in [9.17, 15) is 0 Å². The van der Waals surface area contributed by atoms with Crippen LogP contribution in [-0.4, -0.2) is 14.6 Å². The molecule has 0 unspecified atom stereocenters. The van der Waals surface area contributed by atoms with Crippen LogP contribution >= 0.6 is 24.8 Å². The van der Waals surface area contributed by atoms with Crippen LogP contribution in [0.4, 0.5) is 0 Å². The highest BCUT2D eigenvalue weighted by Crippen LogP contribution is 2.17. The molecule has 0 saturated carbocycles. The minimum atomic E-state index is -0.0626. The van der Waals surface area contributed by atoms with Crippen molar-refractivity contribution in [2.75, 3.05) is 0 Å². The Morgan fingerprint density at radius 2 is 1.88 bits per heavy atom. The average molecular weight is 263 g/mol. The van der Waals surface area contributed by atoms with E-state index in [1.165, 1.54) is 0 Å². The summed E-state index contributed by atoms with van der Waals surface area (Å²) in [6.07, 6.45) is 1.94. The van der Waals surface area contributed by atoms with Crippen LogP contribution in [0.2, 0.25) is 0 Å². The Labute approximate surface area is 107 Å². The summed E-state index contributed by atoms with van der Waals surface area (Å²) in [4.78, 5) is 0. The second-order valence-corrected chi connectivity index (χ2v) is 3.76. The summed E-state index contributed by atoms with van der Waals surface area (Å²) < 4.78 is 1.94. The highest BCUT2D eigenvalue weighted by Gasteiger charge is 2.16. The van der Waals surface area contributed by atoms with E-state index < -0.39 is 0 Å². The molecule has 2 rings (SSSR count). The lowest BCUT2D eigenvalue weighted by molar-refractivity contribution is 0.486. The summed E-state index contributed by atoms with van der Waals surface area (Å²) in [5.41, 5.74) is 6.87. The maximum atomic E-state index is 6.02. The average Bonchev–Trinajstić information content (AvgIpc) is 2.60. The van der Waals surface area contributed by atoms with E-state index in [0.29, 0.717) is 5.92 Å². The molecule has 2 heterocycles. The fourth-order valence-electron chi connectivity index (χ4n) is 1.39. The SMILES string of the molecule is CC(C)[C@@H](N)c1nnc2ccccn12.Cl.Cl. The van der Waals surface area contributed by atoms with E-state index in [2.05, 4.69) is 24.0 Å². The Kier molecular flexibility index (Phi) is 5.72. The van der Waals surface area contributed by atoms with Crippen LogP contribution in [0.3, 0.4) is 0 Å². The number of rotatable bonds is 2.